The van der Waals surface area contributed by atoms with Gasteiger partial charge in [-0.25, -0.2) is 0 Å². The molecule has 3 N–H and O–H groups in total. The lowest BCUT2D eigenvalue weighted by Crippen LogP contribution is -2.57. The van der Waals surface area contributed by atoms with Crippen LogP contribution in [0.2, 0.25) is 0 Å². The van der Waals surface area contributed by atoms with E-state index >= 15 is 0 Å². The van der Waals surface area contributed by atoms with Crippen molar-refractivity contribution in [3.8, 4) is 0 Å². The summed E-state index contributed by atoms with van der Waals surface area (Å²) in [6, 6.07) is 17.0. The standard InChI is InChI=1S/C25H30N4O4/c1-2-13-29-17-23(31)27-20(14-18-9-5-3-6-10-18)24(32)26-16-22(30)28-21(25(29)33)15-19-11-7-4-8-12-19/h3-12,20-21H,2,13-17H2,1H3,(H,26,32)(H,27,31)(H,28,30). The number of hydrogen-bond donors (Lipinski definition) is 3. The minimum atomic E-state index is -0.856. The van der Waals surface area contributed by atoms with Crippen molar-refractivity contribution in [2.75, 3.05) is 19.6 Å². The van der Waals surface area contributed by atoms with Crippen molar-refractivity contribution in [3.05, 3.63) is 71.8 Å². The molecule has 3 rings (SSSR count). The van der Waals surface area contributed by atoms with Gasteiger partial charge in [-0.3, -0.25) is 19.2 Å². The van der Waals surface area contributed by atoms with Gasteiger partial charge in [0.2, 0.25) is 23.6 Å². The molecule has 2 aromatic carbocycles. The van der Waals surface area contributed by atoms with Gasteiger partial charge in [0.1, 0.15) is 12.1 Å². The number of amides is 4. The van der Waals surface area contributed by atoms with Crippen molar-refractivity contribution >= 4 is 23.6 Å². The van der Waals surface area contributed by atoms with Crippen LogP contribution in [0.3, 0.4) is 0 Å². The average molecular weight is 451 g/mol. The Hall–Kier alpha value is -3.68. The lowest BCUT2D eigenvalue weighted by Gasteiger charge is -2.29. The Morgan fingerprint density at radius 1 is 0.788 bits per heavy atom. The lowest BCUT2D eigenvalue weighted by molar-refractivity contribution is -0.140. The SMILES string of the molecule is CCCN1CC(=O)NC(Cc2ccccc2)C(=O)NCC(=O)NC(Cc2ccccc2)C1=O. The second-order valence-electron chi connectivity index (χ2n) is 8.10. The van der Waals surface area contributed by atoms with Gasteiger partial charge < -0.3 is 20.9 Å². The molecule has 1 heterocycles. The van der Waals surface area contributed by atoms with Crippen LogP contribution in [-0.2, 0) is 32.0 Å². The molecular formula is C25H30N4O4. The predicted octanol–water partition coefficient (Wildman–Crippen LogP) is 0.810. The fourth-order valence-corrected chi connectivity index (χ4v) is 3.82. The third kappa shape index (κ3) is 7.17. The first-order chi connectivity index (χ1) is 16.0. The van der Waals surface area contributed by atoms with E-state index in [-0.39, 0.29) is 31.8 Å². The maximum atomic E-state index is 13.3. The minimum Gasteiger partial charge on any atom is -0.345 e. The number of carbonyl (C=O) groups is 4. The van der Waals surface area contributed by atoms with Crippen molar-refractivity contribution < 1.29 is 19.2 Å². The molecule has 8 nitrogen and oxygen atoms in total. The Labute approximate surface area is 193 Å². The van der Waals surface area contributed by atoms with Crippen molar-refractivity contribution in [2.24, 2.45) is 0 Å². The third-order valence-corrected chi connectivity index (χ3v) is 5.41. The zero-order chi connectivity index (χ0) is 23.6. The van der Waals surface area contributed by atoms with E-state index in [1.165, 1.54) is 4.90 Å². The number of hydrogen-bond acceptors (Lipinski definition) is 4. The summed E-state index contributed by atoms with van der Waals surface area (Å²) in [5.74, 6) is -1.65. The van der Waals surface area contributed by atoms with Gasteiger partial charge in [-0.05, 0) is 17.5 Å². The topological polar surface area (TPSA) is 108 Å². The summed E-state index contributed by atoms with van der Waals surface area (Å²) in [6.45, 7) is 1.81. The largest absolute Gasteiger partial charge is 0.345 e. The van der Waals surface area contributed by atoms with Crippen molar-refractivity contribution in [1.29, 1.82) is 0 Å². The van der Waals surface area contributed by atoms with Crippen molar-refractivity contribution in [1.82, 2.24) is 20.9 Å². The molecule has 0 saturated carbocycles. The fourth-order valence-electron chi connectivity index (χ4n) is 3.82. The highest BCUT2D eigenvalue weighted by molar-refractivity contribution is 5.95. The van der Waals surface area contributed by atoms with Crippen molar-refractivity contribution in [3.63, 3.8) is 0 Å². The van der Waals surface area contributed by atoms with Gasteiger partial charge in [0.05, 0.1) is 13.1 Å². The molecule has 0 spiro atoms. The Morgan fingerprint density at radius 2 is 1.33 bits per heavy atom. The normalized spacial score (nSPS) is 20.2. The first-order valence-electron chi connectivity index (χ1n) is 11.2. The molecule has 1 aliphatic rings. The molecule has 0 aliphatic carbocycles. The average Bonchev–Trinajstić information content (AvgIpc) is 2.82. The van der Waals surface area contributed by atoms with E-state index in [9.17, 15) is 19.2 Å². The van der Waals surface area contributed by atoms with Crippen LogP contribution in [0.1, 0.15) is 24.5 Å². The van der Waals surface area contributed by atoms with E-state index in [0.717, 1.165) is 11.1 Å². The van der Waals surface area contributed by atoms with Crippen LogP contribution in [-0.4, -0.2) is 60.2 Å². The second-order valence-corrected chi connectivity index (χ2v) is 8.10. The Balaban J connectivity index is 1.82. The number of nitrogens with zero attached hydrogens (tertiary/aromatic N) is 1. The molecule has 33 heavy (non-hydrogen) atoms. The van der Waals surface area contributed by atoms with Crippen LogP contribution < -0.4 is 16.0 Å². The third-order valence-electron chi connectivity index (χ3n) is 5.41. The van der Waals surface area contributed by atoms with Gasteiger partial charge in [-0.2, -0.15) is 0 Å². The van der Waals surface area contributed by atoms with E-state index in [2.05, 4.69) is 16.0 Å². The van der Waals surface area contributed by atoms with E-state index in [4.69, 9.17) is 0 Å². The molecule has 0 bridgehead atoms. The molecule has 1 fully saturated rings. The Morgan fingerprint density at radius 3 is 1.91 bits per heavy atom. The van der Waals surface area contributed by atoms with Crippen LogP contribution in [0, 0.1) is 0 Å². The Kier molecular flexibility index (Phi) is 8.57. The summed E-state index contributed by atoms with van der Waals surface area (Å²) in [7, 11) is 0. The van der Waals surface area contributed by atoms with Gasteiger partial charge in [0.15, 0.2) is 0 Å². The zero-order valence-electron chi connectivity index (χ0n) is 18.8. The molecule has 0 aromatic heterocycles. The minimum absolute atomic E-state index is 0.188. The highest BCUT2D eigenvalue weighted by atomic mass is 16.2. The van der Waals surface area contributed by atoms with Gasteiger partial charge >= 0.3 is 0 Å². The van der Waals surface area contributed by atoms with Gasteiger partial charge in [-0.1, -0.05) is 67.6 Å². The lowest BCUT2D eigenvalue weighted by atomic mass is 10.0. The summed E-state index contributed by atoms with van der Waals surface area (Å²) in [5.41, 5.74) is 1.76. The predicted molar refractivity (Wildman–Crippen MR) is 124 cm³/mol. The van der Waals surface area contributed by atoms with E-state index in [1.54, 1.807) is 0 Å². The number of carbonyl (C=O) groups excluding carboxylic acids is 4. The van der Waals surface area contributed by atoms with E-state index < -0.39 is 29.8 Å². The highest BCUT2D eigenvalue weighted by Crippen LogP contribution is 2.09. The molecule has 2 aromatic rings. The number of rotatable bonds is 6. The molecule has 0 radical (unpaired) electrons. The van der Waals surface area contributed by atoms with Crippen LogP contribution in [0.4, 0.5) is 0 Å². The van der Waals surface area contributed by atoms with Gasteiger partial charge in [-0.15, -0.1) is 0 Å². The van der Waals surface area contributed by atoms with Crippen LogP contribution in [0.15, 0.2) is 60.7 Å². The molecule has 4 amide bonds. The molecule has 174 valence electrons. The molecule has 1 aliphatic heterocycles. The monoisotopic (exact) mass is 450 g/mol. The molecule has 8 heteroatoms. The quantitative estimate of drug-likeness (QED) is 0.605. The summed E-state index contributed by atoms with van der Waals surface area (Å²) < 4.78 is 0. The van der Waals surface area contributed by atoms with Crippen LogP contribution >= 0.6 is 0 Å². The van der Waals surface area contributed by atoms with E-state index in [0.29, 0.717) is 13.0 Å². The molecule has 1 saturated heterocycles. The fraction of sp³-hybridized carbons (Fsp3) is 0.360. The molecule has 2 atom stereocenters. The van der Waals surface area contributed by atoms with Crippen molar-refractivity contribution in [2.45, 2.75) is 38.3 Å². The maximum absolute atomic E-state index is 13.3. The van der Waals surface area contributed by atoms with E-state index in [1.807, 2.05) is 67.6 Å². The number of nitrogens with one attached hydrogen (secondary N) is 3. The number of benzene rings is 2. The molecular weight excluding hydrogens is 420 g/mol. The summed E-state index contributed by atoms with van der Waals surface area (Å²) in [5, 5.41) is 8.08. The summed E-state index contributed by atoms with van der Waals surface area (Å²) >= 11 is 0. The first kappa shape index (κ1) is 24.0. The highest BCUT2D eigenvalue weighted by Gasteiger charge is 2.30. The second kappa shape index (κ2) is 11.8. The maximum Gasteiger partial charge on any atom is 0.245 e. The molecule has 2 unspecified atom stereocenters. The summed E-state index contributed by atoms with van der Waals surface area (Å²) in [6.07, 6.45) is 1.22. The van der Waals surface area contributed by atoms with Gasteiger partial charge in [0, 0.05) is 19.4 Å². The Bertz CT molecular complexity index is 965. The van der Waals surface area contributed by atoms with Crippen LogP contribution in [0.5, 0.6) is 0 Å². The zero-order valence-corrected chi connectivity index (χ0v) is 18.8. The van der Waals surface area contributed by atoms with Gasteiger partial charge in [0.25, 0.3) is 0 Å². The summed E-state index contributed by atoms with van der Waals surface area (Å²) in [4.78, 5) is 53.0. The van der Waals surface area contributed by atoms with Crippen LogP contribution in [0.25, 0.3) is 0 Å². The first-order valence-corrected chi connectivity index (χ1v) is 11.2. The smallest absolute Gasteiger partial charge is 0.245 e.